The van der Waals surface area contributed by atoms with Crippen LogP contribution in [0.5, 0.6) is 0 Å². The maximum atomic E-state index is 11.4. The number of hydrogen-bond acceptors (Lipinski definition) is 5. The summed E-state index contributed by atoms with van der Waals surface area (Å²) >= 11 is 8.63. The highest BCUT2D eigenvalue weighted by molar-refractivity contribution is 8.76. The summed E-state index contributed by atoms with van der Waals surface area (Å²) in [5, 5.41) is 0. The maximum Gasteiger partial charge on any atom is 0.269 e. The fourth-order valence-corrected chi connectivity index (χ4v) is 0.991. The van der Waals surface area contributed by atoms with E-state index in [0.29, 0.717) is 9.88 Å². The lowest BCUT2D eigenvalue weighted by atomic mass is 10.3. The third-order valence-corrected chi connectivity index (χ3v) is 2.84. The summed E-state index contributed by atoms with van der Waals surface area (Å²) in [4.78, 5) is 15.2. The molecule has 2 N–H and O–H groups in total. The molecule has 0 aromatic carbocycles. The zero-order valence-electron chi connectivity index (χ0n) is 6.93. The van der Waals surface area contributed by atoms with Crippen molar-refractivity contribution in [1.82, 2.24) is 15.8 Å². The van der Waals surface area contributed by atoms with Crippen LogP contribution < -0.4 is 10.9 Å². The SMILES string of the molecule is O=C(NNC(=S)SS)c1ccncc1. The molecule has 74 valence electrons. The summed E-state index contributed by atoms with van der Waals surface area (Å²) in [7, 11) is 1.05. The van der Waals surface area contributed by atoms with Gasteiger partial charge < -0.3 is 0 Å². The minimum atomic E-state index is -0.267. The van der Waals surface area contributed by atoms with Gasteiger partial charge in [0.2, 0.25) is 0 Å². The normalized spacial score (nSPS) is 9.21. The Morgan fingerprint density at radius 1 is 1.43 bits per heavy atom. The second-order valence-electron chi connectivity index (χ2n) is 2.19. The first-order valence-electron chi connectivity index (χ1n) is 3.56. The Morgan fingerprint density at radius 2 is 2.07 bits per heavy atom. The van der Waals surface area contributed by atoms with E-state index in [-0.39, 0.29) is 5.91 Å². The van der Waals surface area contributed by atoms with Gasteiger partial charge in [0, 0.05) is 18.0 Å². The number of hydrogen-bond donors (Lipinski definition) is 3. The van der Waals surface area contributed by atoms with Crippen molar-refractivity contribution in [2.24, 2.45) is 0 Å². The summed E-state index contributed by atoms with van der Waals surface area (Å²) in [6.07, 6.45) is 3.08. The molecule has 1 aromatic rings. The molecule has 0 spiro atoms. The van der Waals surface area contributed by atoms with E-state index >= 15 is 0 Å². The molecule has 1 aromatic heterocycles. The Bertz CT molecular complexity index is 330. The summed E-state index contributed by atoms with van der Waals surface area (Å²) in [5.41, 5.74) is 5.46. The molecular formula is C7H7N3OS3. The highest BCUT2D eigenvalue weighted by Crippen LogP contribution is 2.04. The number of carbonyl (C=O) groups excluding carboxylic acids is 1. The fraction of sp³-hybridized carbons (Fsp3) is 0. The second-order valence-corrected chi connectivity index (χ2v) is 4.00. The molecule has 0 atom stereocenters. The average Bonchev–Trinajstić information content (AvgIpc) is 2.26. The van der Waals surface area contributed by atoms with Crippen molar-refractivity contribution in [2.75, 3.05) is 0 Å². The summed E-state index contributed by atoms with van der Waals surface area (Å²) in [5.74, 6) is -0.267. The van der Waals surface area contributed by atoms with E-state index < -0.39 is 0 Å². The zero-order chi connectivity index (χ0) is 10.4. The van der Waals surface area contributed by atoms with Crippen LogP contribution in [0.3, 0.4) is 0 Å². The van der Waals surface area contributed by atoms with Gasteiger partial charge in [0.05, 0.1) is 0 Å². The number of aromatic nitrogens is 1. The van der Waals surface area contributed by atoms with Gasteiger partial charge in [-0.1, -0.05) is 12.2 Å². The van der Waals surface area contributed by atoms with Gasteiger partial charge >= 0.3 is 0 Å². The van der Waals surface area contributed by atoms with Gasteiger partial charge in [-0.2, -0.15) is 0 Å². The Labute approximate surface area is 95.6 Å². The van der Waals surface area contributed by atoms with Crippen molar-refractivity contribution >= 4 is 44.9 Å². The van der Waals surface area contributed by atoms with Crippen molar-refractivity contribution in [2.45, 2.75) is 0 Å². The van der Waals surface area contributed by atoms with Crippen LogP contribution in [0.2, 0.25) is 0 Å². The van der Waals surface area contributed by atoms with Crippen LogP contribution >= 0.6 is 34.7 Å². The van der Waals surface area contributed by atoms with E-state index in [4.69, 9.17) is 12.2 Å². The molecular weight excluding hydrogens is 238 g/mol. The van der Waals surface area contributed by atoms with Crippen LogP contribution in [0.4, 0.5) is 0 Å². The van der Waals surface area contributed by atoms with E-state index in [0.717, 1.165) is 10.8 Å². The summed E-state index contributed by atoms with van der Waals surface area (Å²) < 4.78 is 0.385. The molecule has 0 unspecified atom stereocenters. The van der Waals surface area contributed by atoms with E-state index in [1.165, 1.54) is 0 Å². The number of nitrogens with zero attached hydrogens (tertiary/aromatic N) is 1. The lowest BCUT2D eigenvalue weighted by Gasteiger charge is -2.06. The highest BCUT2D eigenvalue weighted by Gasteiger charge is 2.03. The monoisotopic (exact) mass is 245 g/mol. The van der Waals surface area contributed by atoms with Crippen molar-refractivity contribution in [3.63, 3.8) is 0 Å². The van der Waals surface area contributed by atoms with Gasteiger partial charge in [0.15, 0.2) is 4.32 Å². The van der Waals surface area contributed by atoms with Crippen molar-refractivity contribution in [1.29, 1.82) is 0 Å². The molecule has 0 saturated heterocycles. The number of rotatable bonds is 1. The molecule has 0 saturated carbocycles. The van der Waals surface area contributed by atoms with Gasteiger partial charge in [0.1, 0.15) is 0 Å². The first-order valence-corrected chi connectivity index (χ1v) is 5.83. The molecule has 1 heterocycles. The van der Waals surface area contributed by atoms with E-state index in [1.54, 1.807) is 24.5 Å². The van der Waals surface area contributed by atoms with E-state index in [2.05, 4.69) is 27.5 Å². The van der Waals surface area contributed by atoms with Gasteiger partial charge in [-0.15, -0.1) is 11.7 Å². The predicted molar refractivity (Wildman–Crippen MR) is 64.0 cm³/mol. The van der Waals surface area contributed by atoms with Crippen LogP contribution in [-0.4, -0.2) is 15.2 Å². The van der Waals surface area contributed by atoms with E-state index in [9.17, 15) is 4.79 Å². The second kappa shape index (κ2) is 5.84. The predicted octanol–water partition coefficient (Wildman–Crippen LogP) is 1.18. The third-order valence-electron chi connectivity index (χ3n) is 1.30. The maximum absolute atomic E-state index is 11.4. The van der Waals surface area contributed by atoms with Gasteiger partial charge in [-0.25, -0.2) is 0 Å². The van der Waals surface area contributed by atoms with Gasteiger partial charge in [-0.3, -0.25) is 20.6 Å². The standard InChI is InChI=1S/C7H7N3OS3/c11-6(9-10-7(12)14-13)5-1-3-8-4-2-5/h1-4,13H,(H,9,11)(H,10,12). The molecule has 0 fully saturated rings. The van der Waals surface area contributed by atoms with Crippen LogP contribution in [0, 0.1) is 0 Å². The van der Waals surface area contributed by atoms with Crippen molar-refractivity contribution < 1.29 is 4.79 Å². The lowest BCUT2D eigenvalue weighted by molar-refractivity contribution is 0.0944. The molecule has 0 radical (unpaired) electrons. The Hall–Kier alpha value is -0.790. The average molecular weight is 245 g/mol. The molecule has 0 aliphatic heterocycles. The molecule has 0 bridgehead atoms. The lowest BCUT2D eigenvalue weighted by Crippen LogP contribution is -2.39. The minimum Gasteiger partial charge on any atom is -0.282 e. The topological polar surface area (TPSA) is 54.0 Å². The molecule has 0 aliphatic rings. The molecule has 0 aliphatic carbocycles. The Morgan fingerprint density at radius 3 is 2.64 bits per heavy atom. The largest absolute Gasteiger partial charge is 0.282 e. The summed E-state index contributed by atoms with van der Waals surface area (Å²) in [6, 6.07) is 3.21. The number of hydrazine groups is 1. The third kappa shape index (κ3) is 3.52. The number of thiol groups is 1. The van der Waals surface area contributed by atoms with Crippen molar-refractivity contribution in [3.05, 3.63) is 30.1 Å². The van der Waals surface area contributed by atoms with Crippen molar-refractivity contribution in [3.8, 4) is 0 Å². The van der Waals surface area contributed by atoms with Crippen LogP contribution in [0.25, 0.3) is 0 Å². The Balaban J connectivity index is 2.48. The number of thiocarbonyl (C=S) groups is 1. The fourth-order valence-electron chi connectivity index (χ4n) is 0.706. The van der Waals surface area contributed by atoms with Crippen LogP contribution in [0.1, 0.15) is 10.4 Å². The van der Waals surface area contributed by atoms with Crippen LogP contribution in [0.15, 0.2) is 24.5 Å². The molecule has 1 amide bonds. The molecule has 7 heteroatoms. The number of pyridine rings is 1. The molecule has 4 nitrogen and oxygen atoms in total. The summed E-state index contributed by atoms with van der Waals surface area (Å²) in [6.45, 7) is 0. The van der Waals surface area contributed by atoms with Crippen LogP contribution in [-0.2, 0) is 0 Å². The first kappa shape index (κ1) is 11.3. The zero-order valence-corrected chi connectivity index (χ0v) is 9.46. The number of carbonyl (C=O) groups is 1. The Kier molecular flexibility index (Phi) is 4.71. The highest BCUT2D eigenvalue weighted by atomic mass is 33.1. The van der Waals surface area contributed by atoms with Gasteiger partial charge in [0.25, 0.3) is 5.91 Å². The molecule has 14 heavy (non-hydrogen) atoms. The first-order chi connectivity index (χ1) is 6.74. The smallest absolute Gasteiger partial charge is 0.269 e. The number of amides is 1. The van der Waals surface area contributed by atoms with E-state index in [1.807, 2.05) is 0 Å². The van der Waals surface area contributed by atoms with Gasteiger partial charge in [-0.05, 0) is 22.9 Å². The quantitative estimate of drug-likeness (QED) is 0.300. The minimum absolute atomic E-state index is 0.267. The molecule has 1 rings (SSSR count). The number of nitrogens with one attached hydrogen (secondary N) is 2.